The first-order valence-electron chi connectivity index (χ1n) is 9.18. The number of benzene rings is 2. The van der Waals surface area contributed by atoms with E-state index in [4.69, 9.17) is 5.73 Å². The van der Waals surface area contributed by atoms with Gasteiger partial charge in [-0.15, -0.1) is 0 Å². The monoisotopic (exact) mass is 423 g/mol. The minimum atomic E-state index is -4.65. The molecular formula is C22H13F4N5. The summed E-state index contributed by atoms with van der Waals surface area (Å²) in [5.41, 5.74) is 7.25. The van der Waals surface area contributed by atoms with Gasteiger partial charge in [0.15, 0.2) is 17.2 Å². The van der Waals surface area contributed by atoms with E-state index in [0.29, 0.717) is 22.5 Å². The van der Waals surface area contributed by atoms with E-state index in [1.165, 1.54) is 28.7 Å². The van der Waals surface area contributed by atoms with Gasteiger partial charge >= 0.3 is 6.18 Å². The highest BCUT2D eigenvalue weighted by Crippen LogP contribution is 2.37. The van der Waals surface area contributed by atoms with Gasteiger partial charge < -0.3 is 5.73 Å². The van der Waals surface area contributed by atoms with Crippen molar-refractivity contribution in [1.82, 2.24) is 19.4 Å². The number of halogens is 4. The Hall–Kier alpha value is -4.01. The number of alkyl halides is 3. The molecule has 2 aromatic carbocycles. The predicted molar refractivity (Wildman–Crippen MR) is 109 cm³/mol. The van der Waals surface area contributed by atoms with Crippen molar-refractivity contribution < 1.29 is 17.6 Å². The number of rotatable bonds is 2. The van der Waals surface area contributed by atoms with Crippen molar-refractivity contribution in [3.05, 3.63) is 78.5 Å². The first kappa shape index (κ1) is 19.0. The SMILES string of the molecule is Nc1nc(-c2ccc(F)cc2)c(-c2ccc3ncccc3c2)n2cc(C(F)(F)F)nc12. The normalized spacial score (nSPS) is 12.0. The summed E-state index contributed by atoms with van der Waals surface area (Å²) < 4.78 is 54.9. The molecule has 0 atom stereocenters. The van der Waals surface area contributed by atoms with E-state index in [9.17, 15) is 17.6 Å². The molecule has 9 heteroatoms. The Morgan fingerprint density at radius 1 is 0.903 bits per heavy atom. The minimum Gasteiger partial charge on any atom is -0.381 e. The molecule has 0 amide bonds. The van der Waals surface area contributed by atoms with Crippen LogP contribution in [0.4, 0.5) is 23.4 Å². The fraction of sp³-hybridized carbons (Fsp3) is 0.0455. The van der Waals surface area contributed by atoms with Gasteiger partial charge in [0.1, 0.15) is 5.82 Å². The number of imidazole rings is 1. The molecule has 3 aromatic heterocycles. The average Bonchev–Trinajstić information content (AvgIpc) is 3.20. The highest BCUT2D eigenvalue weighted by atomic mass is 19.4. The largest absolute Gasteiger partial charge is 0.434 e. The minimum absolute atomic E-state index is 0.112. The number of nitrogen functional groups attached to an aromatic ring is 1. The second kappa shape index (κ2) is 6.76. The van der Waals surface area contributed by atoms with Gasteiger partial charge in [-0.2, -0.15) is 13.2 Å². The number of hydrogen-bond donors (Lipinski definition) is 1. The smallest absolute Gasteiger partial charge is 0.381 e. The Bertz CT molecular complexity index is 1440. The molecule has 0 fully saturated rings. The highest BCUT2D eigenvalue weighted by molar-refractivity contribution is 5.89. The maximum atomic E-state index is 13.5. The van der Waals surface area contributed by atoms with Gasteiger partial charge in [-0.05, 0) is 42.5 Å². The molecule has 0 spiro atoms. The third kappa shape index (κ3) is 3.24. The summed E-state index contributed by atoms with van der Waals surface area (Å²) in [6.07, 6.45) is -2.11. The first-order chi connectivity index (χ1) is 14.8. The van der Waals surface area contributed by atoms with Crippen LogP contribution in [-0.2, 0) is 6.18 Å². The van der Waals surface area contributed by atoms with Crippen LogP contribution in [0.15, 0.2) is 67.0 Å². The van der Waals surface area contributed by atoms with Gasteiger partial charge in [0.2, 0.25) is 0 Å². The average molecular weight is 423 g/mol. The number of nitrogens with zero attached hydrogens (tertiary/aromatic N) is 4. The lowest BCUT2D eigenvalue weighted by Gasteiger charge is -2.14. The number of nitrogens with two attached hydrogens (primary N) is 1. The molecule has 0 saturated carbocycles. The Morgan fingerprint density at radius 2 is 1.65 bits per heavy atom. The zero-order chi connectivity index (χ0) is 21.8. The van der Waals surface area contributed by atoms with E-state index in [1.54, 1.807) is 30.5 Å². The Kier molecular flexibility index (Phi) is 4.14. The zero-order valence-electron chi connectivity index (χ0n) is 15.7. The Labute approximate surface area is 172 Å². The van der Waals surface area contributed by atoms with Gasteiger partial charge in [-0.3, -0.25) is 9.38 Å². The summed E-state index contributed by atoms with van der Waals surface area (Å²) in [6.45, 7) is 0. The van der Waals surface area contributed by atoms with Gasteiger partial charge in [-0.1, -0.05) is 12.1 Å². The van der Waals surface area contributed by atoms with E-state index < -0.39 is 17.7 Å². The molecule has 0 aliphatic heterocycles. The summed E-state index contributed by atoms with van der Waals surface area (Å²) >= 11 is 0. The second-order valence-electron chi connectivity index (χ2n) is 6.93. The Morgan fingerprint density at radius 3 is 2.39 bits per heavy atom. The molecule has 2 N–H and O–H groups in total. The molecule has 154 valence electrons. The fourth-order valence-corrected chi connectivity index (χ4v) is 3.51. The molecule has 0 bridgehead atoms. The lowest BCUT2D eigenvalue weighted by atomic mass is 10.0. The lowest BCUT2D eigenvalue weighted by molar-refractivity contribution is -0.140. The summed E-state index contributed by atoms with van der Waals surface area (Å²) in [4.78, 5) is 12.3. The van der Waals surface area contributed by atoms with Crippen LogP contribution < -0.4 is 5.73 Å². The second-order valence-corrected chi connectivity index (χ2v) is 6.93. The van der Waals surface area contributed by atoms with E-state index in [1.807, 2.05) is 6.07 Å². The number of hydrogen-bond acceptors (Lipinski definition) is 4. The number of anilines is 1. The van der Waals surface area contributed by atoms with Gasteiger partial charge in [-0.25, -0.2) is 14.4 Å². The van der Waals surface area contributed by atoms with Crippen LogP contribution in [-0.4, -0.2) is 19.4 Å². The summed E-state index contributed by atoms with van der Waals surface area (Å²) in [7, 11) is 0. The van der Waals surface area contributed by atoms with Crippen LogP contribution in [0.3, 0.4) is 0 Å². The molecular weight excluding hydrogens is 410 g/mol. The van der Waals surface area contributed by atoms with Crippen LogP contribution in [0.1, 0.15) is 5.69 Å². The van der Waals surface area contributed by atoms with Crippen LogP contribution >= 0.6 is 0 Å². The first-order valence-corrected chi connectivity index (χ1v) is 9.18. The molecule has 0 radical (unpaired) electrons. The van der Waals surface area contributed by atoms with Crippen molar-refractivity contribution >= 4 is 22.4 Å². The van der Waals surface area contributed by atoms with Crippen LogP contribution in [0.25, 0.3) is 39.1 Å². The molecule has 5 nitrogen and oxygen atoms in total. The van der Waals surface area contributed by atoms with E-state index in [2.05, 4.69) is 15.0 Å². The van der Waals surface area contributed by atoms with Gasteiger partial charge in [0.25, 0.3) is 0 Å². The standard InChI is InChI=1S/C22H13F4N5/c23-15-6-3-12(4-7-15)18-19(14-5-8-16-13(10-14)2-1-9-28-16)31-11-17(22(24,25)26)29-21(31)20(27)30-18/h1-11H,(H2,27,30). The topological polar surface area (TPSA) is 69.1 Å². The number of pyridine rings is 1. The molecule has 0 aliphatic rings. The van der Waals surface area contributed by atoms with Crippen molar-refractivity contribution in [2.24, 2.45) is 0 Å². The van der Waals surface area contributed by atoms with Crippen molar-refractivity contribution in [3.63, 3.8) is 0 Å². The highest BCUT2D eigenvalue weighted by Gasteiger charge is 2.35. The van der Waals surface area contributed by atoms with Crippen molar-refractivity contribution in [2.75, 3.05) is 5.73 Å². The van der Waals surface area contributed by atoms with Crippen LogP contribution in [0.2, 0.25) is 0 Å². The molecule has 0 unspecified atom stereocenters. The van der Waals surface area contributed by atoms with Gasteiger partial charge in [0.05, 0.1) is 16.9 Å². The number of aromatic nitrogens is 4. The summed E-state index contributed by atoms with van der Waals surface area (Å²) in [5.74, 6) is -0.612. The third-order valence-electron chi connectivity index (χ3n) is 4.92. The van der Waals surface area contributed by atoms with Crippen LogP contribution in [0, 0.1) is 5.82 Å². The van der Waals surface area contributed by atoms with E-state index >= 15 is 0 Å². The summed E-state index contributed by atoms with van der Waals surface area (Å²) in [5, 5.41) is 0.797. The molecule has 5 rings (SSSR count). The zero-order valence-corrected chi connectivity index (χ0v) is 15.7. The van der Waals surface area contributed by atoms with E-state index in [0.717, 1.165) is 17.1 Å². The maximum absolute atomic E-state index is 13.5. The maximum Gasteiger partial charge on any atom is 0.434 e. The third-order valence-corrected chi connectivity index (χ3v) is 4.92. The Balaban J connectivity index is 1.87. The fourth-order valence-electron chi connectivity index (χ4n) is 3.51. The number of fused-ring (bicyclic) bond motifs is 2. The molecule has 31 heavy (non-hydrogen) atoms. The summed E-state index contributed by atoms with van der Waals surface area (Å²) in [6, 6.07) is 14.4. The quantitative estimate of drug-likeness (QED) is 0.389. The van der Waals surface area contributed by atoms with Crippen molar-refractivity contribution in [1.29, 1.82) is 0 Å². The van der Waals surface area contributed by atoms with Crippen LogP contribution in [0.5, 0.6) is 0 Å². The molecule has 0 saturated heterocycles. The predicted octanol–water partition coefficient (Wildman–Crippen LogP) is 5.35. The lowest BCUT2D eigenvalue weighted by Crippen LogP contribution is -2.04. The van der Waals surface area contributed by atoms with E-state index in [-0.39, 0.29) is 11.5 Å². The van der Waals surface area contributed by atoms with Crippen molar-refractivity contribution in [2.45, 2.75) is 6.18 Å². The molecule has 3 heterocycles. The van der Waals surface area contributed by atoms with Crippen molar-refractivity contribution in [3.8, 4) is 22.5 Å². The van der Waals surface area contributed by atoms with Gasteiger partial charge in [0, 0.05) is 28.9 Å². The molecule has 5 aromatic rings. The molecule has 0 aliphatic carbocycles.